The molecule has 0 bridgehead atoms. The Morgan fingerprint density at radius 3 is 2.94 bits per heavy atom. The predicted octanol–water partition coefficient (Wildman–Crippen LogP) is 3.05. The number of aliphatic imine (C=N–C) groups is 1. The first-order valence-electron chi connectivity index (χ1n) is 5.69. The SMILES string of the molecule is O=C=NC1(c2ccc3c(c2)CCS3)CCC1. The lowest BCUT2D eigenvalue weighted by Gasteiger charge is -2.37. The third-order valence-corrected chi connectivity index (χ3v) is 4.78. The zero-order chi connectivity index (χ0) is 11.0. The Bertz CT molecular complexity index is 473. The van der Waals surface area contributed by atoms with Crippen molar-refractivity contribution >= 4 is 17.8 Å². The molecule has 0 saturated heterocycles. The van der Waals surface area contributed by atoms with Crippen LogP contribution in [0, 0.1) is 0 Å². The molecule has 0 unspecified atom stereocenters. The van der Waals surface area contributed by atoms with E-state index >= 15 is 0 Å². The summed E-state index contributed by atoms with van der Waals surface area (Å²) in [5.74, 6) is 1.18. The predicted molar refractivity (Wildman–Crippen MR) is 64.5 cm³/mol. The second kappa shape index (κ2) is 3.76. The Morgan fingerprint density at radius 2 is 2.25 bits per heavy atom. The number of carbonyl (C=O) groups excluding carboxylic acids is 1. The normalized spacial score (nSPS) is 20.8. The van der Waals surface area contributed by atoms with Gasteiger partial charge in [-0.3, -0.25) is 0 Å². The summed E-state index contributed by atoms with van der Waals surface area (Å²) in [7, 11) is 0. The average Bonchev–Trinajstić information content (AvgIpc) is 2.70. The molecule has 0 aromatic heterocycles. The Kier molecular flexibility index (Phi) is 2.38. The van der Waals surface area contributed by atoms with Crippen LogP contribution in [0.4, 0.5) is 0 Å². The molecule has 0 spiro atoms. The summed E-state index contributed by atoms with van der Waals surface area (Å²) in [6.45, 7) is 0. The van der Waals surface area contributed by atoms with Crippen molar-refractivity contribution in [2.75, 3.05) is 5.75 Å². The maximum absolute atomic E-state index is 10.5. The van der Waals surface area contributed by atoms with Gasteiger partial charge in [0, 0.05) is 10.6 Å². The van der Waals surface area contributed by atoms with Crippen molar-refractivity contribution in [3.8, 4) is 0 Å². The third-order valence-electron chi connectivity index (χ3n) is 3.67. The smallest absolute Gasteiger partial charge is 0.211 e. The Balaban J connectivity index is 2.03. The van der Waals surface area contributed by atoms with E-state index in [1.807, 2.05) is 11.8 Å². The molecule has 1 aliphatic heterocycles. The second-order valence-corrected chi connectivity index (χ2v) is 5.65. The molecule has 2 nitrogen and oxygen atoms in total. The van der Waals surface area contributed by atoms with Crippen LogP contribution in [0.15, 0.2) is 28.1 Å². The van der Waals surface area contributed by atoms with Gasteiger partial charge < -0.3 is 0 Å². The lowest BCUT2D eigenvalue weighted by atomic mass is 9.72. The van der Waals surface area contributed by atoms with Crippen LogP contribution in [0.1, 0.15) is 30.4 Å². The molecule has 0 amide bonds. The molecule has 16 heavy (non-hydrogen) atoms. The highest BCUT2D eigenvalue weighted by atomic mass is 32.2. The van der Waals surface area contributed by atoms with Gasteiger partial charge in [0.25, 0.3) is 0 Å². The first-order valence-corrected chi connectivity index (χ1v) is 6.68. The number of hydrogen-bond donors (Lipinski definition) is 0. The number of nitrogens with zero attached hydrogens (tertiary/aromatic N) is 1. The van der Waals surface area contributed by atoms with Gasteiger partial charge in [0.05, 0.1) is 5.54 Å². The minimum Gasteiger partial charge on any atom is -0.211 e. The standard InChI is InChI=1S/C13H13NOS/c15-9-14-13(5-1-6-13)11-2-3-12-10(8-11)4-7-16-12/h2-3,8H,1,4-7H2. The van der Waals surface area contributed by atoms with Crippen LogP contribution in [-0.4, -0.2) is 11.8 Å². The summed E-state index contributed by atoms with van der Waals surface area (Å²) in [4.78, 5) is 16.0. The van der Waals surface area contributed by atoms with Crippen LogP contribution in [-0.2, 0) is 16.8 Å². The zero-order valence-electron chi connectivity index (χ0n) is 9.03. The van der Waals surface area contributed by atoms with Crippen LogP contribution in [0.2, 0.25) is 0 Å². The van der Waals surface area contributed by atoms with Crippen LogP contribution < -0.4 is 0 Å². The van der Waals surface area contributed by atoms with Crippen molar-refractivity contribution in [1.82, 2.24) is 0 Å². The van der Waals surface area contributed by atoms with E-state index in [1.165, 1.54) is 21.8 Å². The minimum absolute atomic E-state index is 0.232. The van der Waals surface area contributed by atoms with Gasteiger partial charge in [0.2, 0.25) is 6.08 Å². The topological polar surface area (TPSA) is 29.4 Å². The van der Waals surface area contributed by atoms with Gasteiger partial charge in [-0.15, -0.1) is 11.8 Å². The van der Waals surface area contributed by atoms with Crippen molar-refractivity contribution in [2.45, 2.75) is 36.1 Å². The molecule has 0 atom stereocenters. The van der Waals surface area contributed by atoms with E-state index in [0.29, 0.717) is 0 Å². The van der Waals surface area contributed by atoms with Gasteiger partial charge >= 0.3 is 0 Å². The zero-order valence-corrected chi connectivity index (χ0v) is 9.85. The van der Waals surface area contributed by atoms with E-state index in [0.717, 1.165) is 25.7 Å². The van der Waals surface area contributed by atoms with Crippen LogP contribution in [0.5, 0.6) is 0 Å². The Hall–Kier alpha value is -1.05. The van der Waals surface area contributed by atoms with Crippen molar-refractivity contribution in [3.63, 3.8) is 0 Å². The summed E-state index contributed by atoms with van der Waals surface area (Å²) in [5.41, 5.74) is 2.41. The summed E-state index contributed by atoms with van der Waals surface area (Å²) in [6, 6.07) is 6.56. The van der Waals surface area contributed by atoms with Gasteiger partial charge in [-0.2, -0.15) is 4.99 Å². The van der Waals surface area contributed by atoms with E-state index in [-0.39, 0.29) is 5.54 Å². The molecule has 1 fully saturated rings. The first kappa shape index (κ1) is 10.1. The van der Waals surface area contributed by atoms with Gasteiger partial charge in [-0.25, -0.2) is 4.79 Å². The van der Waals surface area contributed by atoms with Crippen molar-refractivity contribution in [1.29, 1.82) is 0 Å². The number of rotatable bonds is 2. The van der Waals surface area contributed by atoms with Crippen LogP contribution >= 0.6 is 11.8 Å². The Morgan fingerprint density at radius 1 is 1.38 bits per heavy atom. The minimum atomic E-state index is -0.232. The van der Waals surface area contributed by atoms with Crippen molar-refractivity contribution in [3.05, 3.63) is 29.3 Å². The van der Waals surface area contributed by atoms with Gasteiger partial charge in [0.1, 0.15) is 0 Å². The van der Waals surface area contributed by atoms with Crippen LogP contribution in [0.3, 0.4) is 0 Å². The largest absolute Gasteiger partial charge is 0.235 e. The number of hydrogen-bond acceptors (Lipinski definition) is 3. The highest BCUT2D eigenvalue weighted by molar-refractivity contribution is 7.99. The molecule has 1 aromatic rings. The summed E-state index contributed by atoms with van der Waals surface area (Å²) >= 11 is 1.92. The lowest BCUT2D eigenvalue weighted by molar-refractivity contribution is 0.255. The fourth-order valence-electron chi connectivity index (χ4n) is 2.54. The van der Waals surface area contributed by atoms with E-state index < -0.39 is 0 Å². The van der Waals surface area contributed by atoms with Crippen molar-refractivity contribution < 1.29 is 4.79 Å². The quantitative estimate of drug-likeness (QED) is 0.578. The molecular formula is C13H13NOS. The second-order valence-electron chi connectivity index (χ2n) is 4.51. The molecular weight excluding hydrogens is 218 g/mol. The van der Waals surface area contributed by atoms with Gasteiger partial charge in [0.15, 0.2) is 0 Å². The molecule has 82 valence electrons. The van der Waals surface area contributed by atoms with E-state index in [2.05, 4.69) is 23.2 Å². The summed E-state index contributed by atoms with van der Waals surface area (Å²) in [5, 5.41) is 0. The molecule has 2 aliphatic rings. The average molecular weight is 231 g/mol. The monoisotopic (exact) mass is 231 g/mol. The maximum Gasteiger partial charge on any atom is 0.235 e. The van der Waals surface area contributed by atoms with E-state index in [9.17, 15) is 4.79 Å². The van der Waals surface area contributed by atoms with Crippen LogP contribution in [0.25, 0.3) is 0 Å². The first-order chi connectivity index (χ1) is 7.84. The lowest BCUT2D eigenvalue weighted by Crippen LogP contribution is -2.31. The fraction of sp³-hybridized carbons (Fsp3) is 0.462. The molecule has 1 aliphatic carbocycles. The highest BCUT2D eigenvalue weighted by Gasteiger charge is 2.39. The molecule has 1 heterocycles. The number of fused-ring (bicyclic) bond motifs is 1. The van der Waals surface area contributed by atoms with E-state index in [1.54, 1.807) is 6.08 Å². The molecule has 1 saturated carbocycles. The highest BCUT2D eigenvalue weighted by Crippen LogP contribution is 2.46. The third kappa shape index (κ3) is 1.43. The van der Waals surface area contributed by atoms with E-state index in [4.69, 9.17) is 0 Å². The van der Waals surface area contributed by atoms with Gasteiger partial charge in [-0.1, -0.05) is 12.1 Å². The Labute approximate surface area is 99.2 Å². The number of thioether (sulfide) groups is 1. The molecule has 3 rings (SSSR count). The maximum atomic E-state index is 10.5. The number of isocyanates is 1. The molecule has 3 heteroatoms. The van der Waals surface area contributed by atoms with Crippen molar-refractivity contribution in [2.24, 2.45) is 4.99 Å². The molecule has 1 aromatic carbocycles. The van der Waals surface area contributed by atoms with Gasteiger partial charge in [-0.05, 0) is 42.9 Å². The molecule has 0 N–H and O–H groups in total. The number of benzene rings is 1. The number of aryl methyl sites for hydroxylation is 1. The fourth-order valence-corrected chi connectivity index (χ4v) is 3.59. The summed E-state index contributed by atoms with van der Waals surface area (Å²) in [6.07, 6.45) is 6.05. The molecule has 0 radical (unpaired) electrons. The summed E-state index contributed by atoms with van der Waals surface area (Å²) < 4.78 is 0.